The molecular formula is C10H21NO. The highest BCUT2D eigenvalue weighted by atomic mass is 16.5. The Hall–Kier alpha value is -0.0800. The summed E-state index contributed by atoms with van der Waals surface area (Å²) in [5.41, 5.74) is 0. The molecule has 2 unspecified atom stereocenters. The monoisotopic (exact) mass is 171 g/mol. The van der Waals surface area contributed by atoms with Gasteiger partial charge in [0.25, 0.3) is 0 Å². The van der Waals surface area contributed by atoms with Gasteiger partial charge in [-0.1, -0.05) is 13.8 Å². The smallest absolute Gasteiger partial charge is 0.0715 e. The van der Waals surface area contributed by atoms with Gasteiger partial charge in [0.2, 0.25) is 0 Å². The van der Waals surface area contributed by atoms with Crippen LogP contribution in [0.2, 0.25) is 0 Å². The minimum atomic E-state index is 0.426. The highest BCUT2D eigenvalue weighted by Crippen LogP contribution is 2.12. The second-order valence-electron chi connectivity index (χ2n) is 4.19. The third-order valence-corrected chi connectivity index (χ3v) is 2.24. The molecular weight excluding hydrogens is 150 g/mol. The third-order valence-electron chi connectivity index (χ3n) is 2.24. The molecule has 12 heavy (non-hydrogen) atoms. The summed E-state index contributed by atoms with van der Waals surface area (Å²) in [6.45, 7) is 8.83. The van der Waals surface area contributed by atoms with Crippen LogP contribution in [-0.4, -0.2) is 25.3 Å². The van der Waals surface area contributed by atoms with Gasteiger partial charge < -0.3 is 10.1 Å². The molecule has 0 aromatic heterocycles. The maximum absolute atomic E-state index is 5.86. The van der Waals surface area contributed by atoms with Crippen LogP contribution < -0.4 is 5.32 Å². The van der Waals surface area contributed by atoms with Crippen molar-refractivity contribution in [2.24, 2.45) is 5.92 Å². The van der Waals surface area contributed by atoms with Crippen molar-refractivity contribution in [1.29, 1.82) is 0 Å². The molecule has 1 aliphatic heterocycles. The lowest BCUT2D eigenvalue weighted by molar-refractivity contribution is -0.000777. The molecule has 1 N–H and O–H groups in total. The average Bonchev–Trinajstić information content (AvgIpc) is 2.37. The Labute approximate surface area is 75.7 Å². The van der Waals surface area contributed by atoms with E-state index in [2.05, 4.69) is 26.1 Å². The van der Waals surface area contributed by atoms with Crippen molar-refractivity contribution in [2.75, 3.05) is 13.1 Å². The summed E-state index contributed by atoms with van der Waals surface area (Å²) < 4.78 is 5.86. The molecule has 0 aromatic rings. The molecule has 0 amide bonds. The first-order valence-electron chi connectivity index (χ1n) is 5.04. The lowest BCUT2D eigenvalue weighted by atomic mass is 10.1. The van der Waals surface area contributed by atoms with Crippen molar-refractivity contribution >= 4 is 0 Å². The van der Waals surface area contributed by atoms with Crippen molar-refractivity contribution in [3.63, 3.8) is 0 Å². The van der Waals surface area contributed by atoms with Gasteiger partial charge in [-0.15, -0.1) is 0 Å². The Morgan fingerprint density at radius 3 is 2.67 bits per heavy atom. The Morgan fingerprint density at radius 2 is 2.17 bits per heavy atom. The van der Waals surface area contributed by atoms with Gasteiger partial charge in [0.1, 0.15) is 0 Å². The lowest BCUT2D eigenvalue weighted by Gasteiger charge is -2.19. The predicted molar refractivity (Wildman–Crippen MR) is 51.3 cm³/mol. The zero-order valence-electron chi connectivity index (χ0n) is 8.47. The van der Waals surface area contributed by atoms with Crippen LogP contribution in [-0.2, 0) is 4.74 Å². The van der Waals surface area contributed by atoms with E-state index in [1.54, 1.807) is 0 Å². The quantitative estimate of drug-likeness (QED) is 0.696. The fourth-order valence-corrected chi connectivity index (χ4v) is 1.79. The SMILES string of the molecule is CC(C)CC(C)OC1CCNC1. The lowest BCUT2D eigenvalue weighted by Crippen LogP contribution is -2.23. The van der Waals surface area contributed by atoms with E-state index < -0.39 is 0 Å². The van der Waals surface area contributed by atoms with Crippen LogP contribution in [0.15, 0.2) is 0 Å². The van der Waals surface area contributed by atoms with Crippen LogP contribution in [0.5, 0.6) is 0 Å². The van der Waals surface area contributed by atoms with Gasteiger partial charge in [-0.3, -0.25) is 0 Å². The maximum Gasteiger partial charge on any atom is 0.0715 e. The minimum absolute atomic E-state index is 0.426. The van der Waals surface area contributed by atoms with E-state index >= 15 is 0 Å². The van der Waals surface area contributed by atoms with E-state index in [0.29, 0.717) is 12.2 Å². The highest BCUT2D eigenvalue weighted by molar-refractivity contribution is 4.72. The first-order chi connectivity index (χ1) is 5.68. The second kappa shape index (κ2) is 4.83. The normalized spacial score (nSPS) is 26.5. The van der Waals surface area contributed by atoms with Crippen LogP contribution in [0.25, 0.3) is 0 Å². The molecule has 0 saturated carbocycles. The molecule has 0 spiro atoms. The van der Waals surface area contributed by atoms with Gasteiger partial charge in [-0.05, 0) is 32.2 Å². The number of hydrogen-bond acceptors (Lipinski definition) is 2. The predicted octanol–water partition coefficient (Wildman–Crippen LogP) is 1.80. The van der Waals surface area contributed by atoms with Crippen LogP contribution in [0.3, 0.4) is 0 Å². The maximum atomic E-state index is 5.86. The van der Waals surface area contributed by atoms with Crippen LogP contribution >= 0.6 is 0 Å². The average molecular weight is 171 g/mol. The summed E-state index contributed by atoms with van der Waals surface area (Å²) in [7, 11) is 0. The van der Waals surface area contributed by atoms with Crippen LogP contribution in [0.1, 0.15) is 33.6 Å². The van der Waals surface area contributed by atoms with Gasteiger partial charge in [-0.2, -0.15) is 0 Å². The van der Waals surface area contributed by atoms with E-state index in [1.165, 1.54) is 12.8 Å². The molecule has 1 rings (SSSR count). The first kappa shape index (κ1) is 10.0. The zero-order chi connectivity index (χ0) is 8.97. The van der Waals surface area contributed by atoms with Crippen LogP contribution in [0, 0.1) is 5.92 Å². The molecule has 2 atom stereocenters. The molecule has 0 radical (unpaired) electrons. The standard InChI is InChI=1S/C10H21NO/c1-8(2)6-9(3)12-10-4-5-11-7-10/h8-11H,4-7H2,1-3H3. The van der Waals surface area contributed by atoms with Gasteiger partial charge in [-0.25, -0.2) is 0 Å². The van der Waals surface area contributed by atoms with E-state index in [4.69, 9.17) is 4.74 Å². The fraction of sp³-hybridized carbons (Fsp3) is 1.00. The number of hydrogen-bond donors (Lipinski definition) is 1. The summed E-state index contributed by atoms with van der Waals surface area (Å²) >= 11 is 0. The highest BCUT2D eigenvalue weighted by Gasteiger charge is 2.17. The van der Waals surface area contributed by atoms with Gasteiger partial charge in [0.15, 0.2) is 0 Å². The van der Waals surface area contributed by atoms with E-state index in [1.807, 2.05) is 0 Å². The van der Waals surface area contributed by atoms with E-state index in [-0.39, 0.29) is 0 Å². The summed E-state index contributed by atoms with van der Waals surface area (Å²) in [4.78, 5) is 0. The molecule has 1 aliphatic rings. The zero-order valence-corrected chi connectivity index (χ0v) is 8.47. The number of ether oxygens (including phenoxy) is 1. The third kappa shape index (κ3) is 3.55. The molecule has 1 heterocycles. The summed E-state index contributed by atoms with van der Waals surface area (Å²) in [6.07, 6.45) is 3.26. The summed E-state index contributed by atoms with van der Waals surface area (Å²) in [5.74, 6) is 0.745. The summed E-state index contributed by atoms with van der Waals surface area (Å²) in [6, 6.07) is 0. The molecule has 0 aromatic carbocycles. The van der Waals surface area contributed by atoms with E-state index in [0.717, 1.165) is 19.0 Å². The Morgan fingerprint density at radius 1 is 1.42 bits per heavy atom. The Balaban J connectivity index is 2.11. The van der Waals surface area contributed by atoms with Gasteiger partial charge >= 0.3 is 0 Å². The fourth-order valence-electron chi connectivity index (χ4n) is 1.79. The Bertz CT molecular complexity index is 119. The van der Waals surface area contributed by atoms with E-state index in [9.17, 15) is 0 Å². The second-order valence-corrected chi connectivity index (χ2v) is 4.19. The topological polar surface area (TPSA) is 21.3 Å². The van der Waals surface area contributed by atoms with Gasteiger partial charge in [0.05, 0.1) is 12.2 Å². The molecule has 1 saturated heterocycles. The van der Waals surface area contributed by atoms with Crippen molar-refractivity contribution in [3.8, 4) is 0 Å². The van der Waals surface area contributed by atoms with Crippen molar-refractivity contribution in [1.82, 2.24) is 5.32 Å². The van der Waals surface area contributed by atoms with Crippen molar-refractivity contribution < 1.29 is 4.74 Å². The molecule has 72 valence electrons. The van der Waals surface area contributed by atoms with Crippen molar-refractivity contribution in [2.45, 2.75) is 45.8 Å². The molecule has 0 bridgehead atoms. The first-order valence-corrected chi connectivity index (χ1v) is 5.04. The number of nitrogens with one attached hydrogen (secondary N) is 1. The molecule has 2 heteroatoms. The minimum Gasteiger partial charge on any atom is -0.374 e. The largest absolute Gasteiger partial charge is 0.374 e. The Kier molecular flexibility index (Phi) is 4.02. The molecule has 1 fully saturated rings. The van der Waals surface area contributed by atoms with Gasteiger partial charge in [0, 0.05) is 6.54 Å². The van der Waals surface area contributed by atoms with Crippen LogP contribution in [0.4, 0.5) is 0 Å². The molecule has 2 nitrogen and oxygen atoms in total. The molecule has 0 aliphatic carbocycles. The summed E-state index contributed by atoms with van der Waals surface area (Å²) in [5, 5.41) is 3.31. The van der Waals surface area contributed by atoms with Crippen molar-refractivity contribution in [3.05, 3.63) is 0 Å². The number of rotatable bonds is 4.